The third-order valence-corrected chi connectivity index (χ3v) is 3.91. The number of methoxy groups -OCH3 is 1. The number of rotatable bonds is 6. The molecule has 0 bridgehead atoms. The number of aliphatic hydroxyl groups excluding tert-OH is 2. The Labute approximate surface area is 144 Å². The van der Waals surface area contributed by atoms with Crippen molar-refractivity contribution in [2.75, 3.05) is 13.7 Å². The number of ether oxygens (including phenoxy) is 3. The van der Waals surface area contributed by atoms with Gasteiger partial charge in [-0.05, 0) is 6.42 Å². The molecule has 3 heterocycles. The minimum absolute atomic E-state index is 0.261. The first-order valence-corrected chi connectivity index (χ1v) is 7.80. The first-order chi connectivity index (χ1) is 12.5. The Morgan fingerprint density at radius 3 is 2.96 bits per heavy atom. The zero-order chi connectivity index (χ0) is 18.8. The summed E-state index contributed by atoms with van der Waals surface area (Å²) >= 11 is 0. The lowest BCUT2D eigenvalue weighted by molar-refractivity contribution is -0.158. The molecule has 0 saturated carbocycles. The van der Waals surface area contributed by atoms with Gasteiger partial charge in [-0.15, -0.1) is 0 Å². The maximum absolute atomic E-state index is 12.0. The molecule has 2 aromatic rings. The zero-order valence-electron chi connectivity index (χ0n) is 14.8. The van der Waals surface area contributed by atoms with Crippen molar-refractivity contribution >= 4 is 17.1 Å². The van der Waals surface area contributed by atoms with Crippen molar-refractivity contribution in [3.8, 4) is 5.88 Å². The minimum Gasteiger partial charge on any atom is -0.479 e. The Hall–Kier alpha value is -2.30. The second kappa shape index (κ2) is 7.30. The van der Waals surface area contributed by atoms with Crippen molar-refractivity contribution in [3.05, 3.63) is 12.7 Å². The van der Waals surface area contributed by atoms with Gasteiger partial charge in [-0.1, -0.05) is 6.92 Å². The van der Waals surface area contributed by atoms with E-state index in [-0.39, 0.29) is 12.3 Å². The normalized spacial score (nSPS) is 27.9. The molecule has 0 aromatic carbocycles. The number of imidazole rings is 1. The van der Waals surface area contributed by atoms with Crippen molar-refractivity contribution in [2.45, 2.75) is 44.3 Å². The summed E-state index contributed by atoms with van der Waals surface area (Å²) in [5.74, 6) is -0.517. The fourth-order valence-corrected chi connectivity index (χ4v) is 2.74. The van der Waals surface area contributed by atoms with Crippen LogP contribution in [0, 0.1) is 0 Å². The number of carbonyl (C=O) groups is 1. The Bertz CT molecular complexity index is 787. The van der Waals surface area contributed by atoms with Gasteiger partial charge in [-0.2, -0.15) is 4.98 Å². The summed E-state index contributed by atoms with van der Waals surface area (Å²) in [6.07, 6.45) is -2.43. The summed E-state index contributed by atoms with van der Waals surface area (Å²) in [4.78, 5) is 24.3. The van der Waals surface area contributed by atoms with Gasteiger partial charge in [0.1, 0.15) is 18.5 Å². The first kappa shape index (κ1) is 16.2. The van der Waals surface area contributed by atoms with Crippen LogP contribution in [0.4, 0.5) is 0 Å². The summed E-state index contributed by atoms with van der Waals surface area (Å²) in [7, 11) is 1.45. The predicted octanol–water partition coefficient (Wildman–Crippen LogP) is -0.203. The van der Waals surface area contributed by atoms with Crippen molar-refractivity contribution in [1.82, 2.24) is 19.5 Å². The van der Waals surface area contributed by atoms with Gasteiger partial charge in [0.2, 0.25) is 5.88 Å². The molecule has 2 unspecified atom stereocenters. The smallest absolute Gasteiger partial charge is 0.306 e. The van der Waals surface area contributed by atoms with Crippen LogP contribution in [0.25, 0.3) is 11.2 Å². The number of carbonyl (C=O) groups excluding carboxylic acids is 1. The highest BCUT2D eigenvalue weighted by molar-refractivity contribution is 5.76. The van der Waals surface area contributed by atoms with Gasteiger partial charge in [-0.25, -0.2) is 9.97 Å². The molecular weight excluding hydrogens is 332 g/mol. The third kappa shape index (κ3) is 3.15. The molecule has 0 aliphatic carbocycles. The monoisotopic (exact) mass is 353 g/mol. The quantitative estimate of drug-likeness (QED) is 0.678. The largest absolute Gasteiger partial charge is 0.479 e. The van der Waals surface area contributed by atoms with E-state index in [0.29, 0.717) is 11.2 Å². The maximum atomic E-state index is 12.0. The van der Waals surface area contributed by atoms with Crippen molar-refractivity contribution in [1.29, 1.82) is 0 Å². The van der Waals surface area contributed by atoms with Gasteiger partial charge in [0.05, 0.1) is 20.0 Å². The molecule has 3 rings (SSSR count). The highest BCUT2D eigenvalue weighted by Crippen LogP contribution is 2.34. The molecule has 25 heavy (non-hydrogen) atoms. The number of hydrogen-bond acceptors (Lipinski definition) is 9. The fourth-order valence-electron chi connectivity index (χ4n) is 2.74. The molecule has 1 saturated heterocycles. The van der Waals surface area contributed by atoms with E-state index in [1.165, 1.54) is 24.3 Å². The van der Waals surface area contributed by atoms with Gasteiger partial charge in [0.15, 0.2) is 23.5 Å². The molecule has 2 N–H and O–H groups in total. The van der Waals surface area contributed by atoms with Crippen LogP contribution in [0.3, 0.4) is 0 Å². The van der Waals surface area contributed by atoms with E-state index in [2.05, 4.69) is 15.0 Å². The second-order valence-electron chi connectivity index (χ2n) is 5.46. The molecule has 2 aromatic heterocycles. The molecule has 5 atom stereocenters. The molecular formula is C15H20N4O6. The number of aliphatic hydroxyl groups is 2. The van der Waals surface area contributed by atoms with E-state index in [1.807, 2.05) is 0 Å². The lowest BCUT2D eigenvalue weighted by atomic mass is 10.1. The zero-order valence-corrected chi connectivity index (χ0v) is 13.8. The summed E-state index contributed by atoms with van der Waals surface area (Å²) in [6, 6.07) is 0. The van der Waals surface area contributed by atoms with Gasteiger partial charge in [0, 0.05) is 7.77 Å². The van der Waals surface area contributed by atoms with Crippen molar-refractivity contribution in [2.24, 2.45) is 0 Å². The Morgan fingerprint density at radius 2 is 2.28 bits per heavy atom. The first-order valence-electron chi connectivity index (χ1n) is 8.38. The van der Waals surface area contributed by atoms with E-state index >= 15 is 0 Å². The van der Waals surface area contributed by atoms with Crippen LogP contribution >= 0.6 is 0 Å². The van der Waals surface area contributed by atoms with E-state index in [1.54, 1.807) is 6.92 Å². The molecule has 1 fully saturated rings. The molecule has 1 aliphatic heterocycles. The highest BCUT2D eigenvalue weighted by Gasteiger charge is 2.47. The molecule has 136 valence electrons. The third-order valence-electron chi connectivity index (χ3n) is 3.91. The minimum atomic E-state index is -1.26. The van der Waals surface area contributed by atoms with Crippen LogP contribution < -0.4 is 4.74 Å². The van der Waals surface area contributed by atoms with Crippen LogP contribution in [0.2, 0.25) is 0 Å². The number of hydrogen-bond donors (Lipinski definition) is 2. The van der Waals surface area contributed by atoms with Crippen LogP contribution in [0.15, 0.2) is 12.7 Å². The van der Waals surface area contributed by atoms with Crippen molar-refractivity contribution < 1.29 is 30.6 Å². The van der Waals surface area contributed by atoms with Gasteiger partial charge < -0.3 is 24.4 Å². The molecule has 0 amide bonds. The Kier molecular flexibility index (Phi) is 4.72. The van der Waals surface area contributed by atoms with Crippen LogP contribution in [-0.2, 0) is 14.3 Å². The highest BCUT2D eigenvalue weighted by atomic mass is 16.6. The lowest BCUT2D eigenvalue weighted by Gasteiger charge is -2.21. The average Bonchev–Trinajstić information content (AvgIpc) is 3.22. The van der Waals surface area contributed by atoms with Crippen LogP contribution in [0.5, 0.6) is 5.88 Å². The number of aromatic nitrogens is 4. The molecule has 1 aliphatic rings. The van der Waals surface area contributed by atoms with Crippen LogP contribution in [0.1, 0.15) is 27.3 Å². The Morgan fingerprint density at radius 1 is 1.48 bits per heavy atom. The number of nitrogens with zero attached hydrogens (tertiary/aromatic N) is 4. The lowest BCUT2D eigenvalue weighted by Crippen LogP contribution is -2.37. The molecule has 10 nitrogen and oxygen atoms in total. The van der Waals surface area contributed by atoms with Crippen LogP contribution in [-0.4, -0.2) is 67.7 Å². The van der Waals surface area contributed by atoms with E-state index in [0.717, 1.165) is 0 Å². The molecule has 10 heteroatoms. The SMILES string of the molecule is [2H]C(CC)C(=O)O[C@@H]1C(n2cnc3c(OC)ncnc32)O[C@H](CO)[C@H]1O. The summed E-state index contributed by atoms with van der Waals surface area (Å²) in [6.45, 7) is 1.22. The van der Waals surface area contributed by atoms with E-state index in [4.69, 9.17) is 15.6 Å². The van der Waals surface area contributed by atoms with Gasteiger partial charge >= 0.3 is 5.97 Å². The number of fused-ring (bicyclic) bond motifs is 1. The average molecular weight is 353 g/mol. The maximum Gasteiger partial charge on any atom is 0.306 e. The predicted molar refractivity (Wildman–Crippen MR) is 83.7 cm³/mol. The summed E-state index contributed by atoms with van der Waals surface area (Å²) < 4.78 is 25.3. The molecule has 0 radical (unpaired) electrons. The summed E-state index contributed by atoms with van der Waals surface area (Å²) in [5, 5.41) is 19.8. The van der Waals surface area contributed by atoms with Gasteiger partial charge in [0.25, 0.3) is 0 Å². The Balaban J connectivity index is 1.97. The number of esters is 1. The second-order valence-corrected chi connectivity index (χ2v) is 5.46. The topological polar surface area (TPSA) is 129 Å². The van der Waals surface area contributed by atoms with E-state index < -0.39 is 43.5 Å². The van der Waals surface area contributed by atoms with Gasteiger partial charge in [-0.3, -0.25) is 9.36 Å². The molecule has 0 spiro atoms. The fraction of sp³-hybridized carbons (Fsp3) is 0.600. The van der Waals surface area contributed by atoms with E-state index in [9.17, 15) is 15.0 Å². The summed E-state index contributed by atoms with van der Waals surface area (Å²) in [5.41, 5.74) is 0.726. The van der Waals surface area contributed by atoms with Crippen molar-refractivity contribution in [3.63, 3.8) is 0 Å². The standard InChI is InChI=1S/C15H20N4O6/c1-3-4-9(21)25-12-11(22)8(5-20)24-15(12)19-7-18-10-13(19)16-6-17-14(10)23-2/h6-8,11-12,15,20,22H,3-5H2,1-2H3/t8-,11-,12+,15?/m1/s1/i4D/t4?,8-,11-,12+,15?.